The van der Waals surface area contributed by atoms with E-state index in [1.165, 1.54) is 46.6 Å². The Morgan fingerprint density at radius 1 is 1.11 bits per heavy atom. The van der Waals surface area contributed by atoms with Crippen LogP contribution in [0.4, 0.5) is 13.9 Å². The molecule has 1 amide bonds. The first-order chi connectivity index (χ1) is 13.4. The molecule has 3 aromatic rings. The van der Waals surface area contributed by atoms with Crippen molar-refractivity contribution in [2.24, 2.45) is 0 Å². The fourth-order valence-corrected chi connectivity index (χ4v) is 3.67. The molecule has 5 nitrogen and oxygen atoms in total. The van der Waals surface area contributed by atoms with E-state index in [9.17, 15) is 13.6 Å². The van der Waals surface area contributed by atoms with Gasteiger partial charge < -0.3 is 9.64 Å². The minimum atomic E-state index is -0.414. The van der Waals surface area contributed by atoms with Crippen molar-refractivity contribution in [2.75, 3.05) is 38.7 Å². The quantitative estimate of drug-likeness (QED) is 0.570. The maximum absolute atomic E-state index is 14.0. The van der Waals surface area contributed by atoms with E-state index in [4.69, 9.17) is 4.74 Å². The van der Waals surface area contributed by atoms with Crippen LogP contribution in [-0.2, 0) is 4.79 Å². The normalized spacial score (nSPS) is 11.2. The van der Waals surface area contributed by atoms with Crippen LogP contribution >= 0.6 is 11.3 Å². The van der Waals surface area contributed by atoms with Crippen molar-refractivity contribution in [1.82, 2.24) is 9.88 Å². The Labute approximate surface area is 166 Å². The van der Waals surface area contributed by atoms with Gasteiger partial charge in [0, 0.05) is 6.54 Å². The summed E-state index contributed by atoms with van der Waals surface area (Å²) < 4.78 is 33.2. The van der Waals surface area contributed by atoms with Crippen LogP contribution in [0.5, 0.6) is 5.75 Å². The molecule has 0 radical (unpaired) electrons. The summed E-state index contributed by atoms with van der Waals surface area (Å²) in [6, 6.07) is 10.2. The predicted octanol–water partition coefficient (Wildman–Crippen LogP) is 3.94. The zero-order valence-corrected chi connectivity index (χ0v) is 16.5. The molecule has 0 saturated heterocycles. The van der Waals surface area contributed by atoms with E-state index < -0.39 is 5.82 Å². The summed E-state index contributed by atoms with van der Waals surface area (Å²) in [4.78, 5) is 20.7. The van der Waals surface area contributed by atoms with Crippen LogP contribution in [0.1, 0.15) is 6.42 Å². The molecule has 0 bridgehead atoms. The SMILES string of the molecule is CN(C)CCCN(C(=O)COc1ccc(F)cc1)c1nc2c(F)cccc2s1. The van der Waals surface area contributed by atoms with Gasteiger partial charge >= 0.3 is 0 Å². The molecule has 8 heteroatoms. The van der Waals surface area contributed by atoms with Gasteiger partial charge in [0.1, 0.15) is 22.9 Å². The second-order valence-electron chi connectivity index (χ2n) is 6.53. The minimum absolute atomic E-state index is 0.216. The lowest BCUT2D eigenvalue weighted by atomic mass is 10.3. The van der Waals surface area contributed by atoms with E-state index in [0.717, 1.165) is 13.0 Å². The standard InChI is InChI=1S/C20H21F2N3O2S/c1-24(2)11-4-12-25(18(26)13-27-15-9-7-14(21)8-10-15)20-23-19-16(22)5-3-6-17(19)28-20/h3,5-10H,4,11-13H2,1-2H3. The smallest absolute Gasteiger partial charge is 0.266 e. The third-order valence-electron chi connectivity index (χ3n) is 4.05. The first-order valence-electron chi connectivity index (χ1n) is 8.82. The van der Waals surface area contributed by atoms with Crippen molar-refractivity contribution < 1.29 is 18.3 Å². The number of para-hydroxylation sites is 1. The van der Waals surface area contributed by atoms with Crippen molar-refractivity contribution >= 4 is 32.6 Å². The highest BCUT2D eigenvalue weighted by molar-refractivity contribution is 7.22. The lowest BCUT2D eigenvalue weighted by Gasteiger charge is -2.21. The Kier molecular flexibility index (Phi) is 6.53. The molecule has 0 fully saturated rings. The minimum Gasteiger partial charge on any atom is -0.484 e. The first kappa shape index (κ1) is 20.2. The Morgan fingerprint density at radius 2 is 1.86 bits per heavy atom. The predicted molar refractivity (Wildman–Crippen MR) is 107 cm³/mol. The van der Waals surface area contributed by atoms with Crippen molar-refractivity contribution in [2.45, 2.75) is 6.42 Å². The van der Waals surface area contributed by atoms with Crippen LogP contribution in [0, 0.1) is 11.6 Å². The first-order valence-corrected chi connectivity index (χ1v) is 9.64. The maximum atomic E-state index is 14.0. The second kappa shape index (κ2) is 9.07. The Hall–Kier alpha value is -2.58. The van der Waals surface area contributed by atoms with Crippen LogP contribution in [0.2, 0.25) is 0 Å². The molecule has 1 heterocycles. The van der Waals surface area contributed by atoms with Gasteiger partial charge in [0.2, 0.25) is 0 Å². The molecular formula is C20H21F2N3O2S. The number of thiazole rings is 1. The number of benzene rings is 2. The zero-order valence-electron chi connectivity index (χ0n) is 15.7. The van der Waals surface area contributed by atoms with Crippen LogP contribution in [0.25, 0.3) is 10.2 Å². The maximum Gasteiger partial charge on any atom is 0.266 e. The van der Waals surface area contributed by atoms with E-state index in [1.807, 2.05) is 19.0 Å². The van der Waals surface area contributed by atoms with Gasteiger partial charge in [0.05, 0.1) is 4.70 Å². The van der Waals surface area contributed by atoms with Gasteiger partial charge in [0.15, 0.2) is 11.7 Å². The molecule has 0 N–H and O–H groups in total. The molecule has 0 atom stereocenters. The zero-order chi connectivity index (χ0) is 20.1. The number of ether oxygens (including phenoxy) is 1. The fourth-order valence-electron chi connectivity index (χ4n) is 2.64. The topological polar surface area (TPSA) is 45.7 Å². The molecule has 0 unspecified atom stereocenters. The van der Waals surface area contributed by atoms with Gasteiger partial charge in [-0.3, -0.25) is 9.69 Å². The van der Waals surface area contributed by atoms with Gasteiger partial charge in [-0.1, -0.05) is 17.4 Å². The highest BCUT2D eigenvalue weighted by Gasteiger charge is 2.21. The van der Waals surface area contributed by atoms with Crippen LogP contribution in [0.3, 0.4) is 0 Å². The molecule has 0 aliphatic carbocycles. The van der Waals surface area contributed by atoms with E-state index in [-0.39, 0.29) is 23.8 Å². The van der Waals surface area contributed by atoms with E-state index in [1.54, 1.807) is 12.1 Å². The molecule has 0 spiro atoms. The molecule has 148 valence electrons. The lowest BCUT2D eigenvalue weighted by Crippen LogP contribution is -2.36. The Balaban J connectivity index is 1.77. The Morgan fingerprint density at radius 3 is 2.54 bits per heavy atom. The molecule has 1 aromatic heterocycles. The molecule has 0 aliphatic heterocycles. The number of anilines is 1. The summed E-state index contributed by atoms with van der Waals surface area (Å²) in [5.74, 6) is -0.676. The van der Waals surface area contributed by atoms with Crippen LogP contribution in [0.15, 0.2) is 42.5 Å². The lowest BCUT2D eigenvalue weighted by molar-refractivity contribution is -0.120. The number of fused-ring (bicyclic) bond motifs is 1. The number of rotatable bonds is 8. The highest BCUT2D eigenvalue weighted by atomic mass is 32.1. The Bertz CT molecular complexity index is 944. The van der Waals surface area contributed by atoms with Crippen molar-refractivity contribution in [1.29, 1.82) is 0 Å². The summed E-state index contributed by atoms with van der Waals surface area (Å²) in [5, 5.41) is 0.437. The number of hydrogen-bond donors (Lipinski definition) is 0. The van der Waals surface area contributed by atoms with Crippen LogP contribution < -0.4 is 9.64 Å². The molecule has 0 aliphatic rings. The van der Waals surface area contributed by atoms with E-state index in [0.29, 0.717) is 22.1 Å². The van der Waals surface area contributed by atoms with Gasteiger partial charge in [0.25, 0.3) is 5.91 Å². The average molecular weight is 405 g/mol. The second-order valence-corrected chi connectivity index (χ2v) is 7.54. The number of hydrogen-bond acceptors (Lipinski definition) is 5. The van der Waals surface area contributed by atoms with Gasteiger partial charge in [-0.2, -0.15) is 0 Å². The molecule has 0 saturated carbocycles. The van der Waals surface area contributed by atoms with Gasteiger partial charge in [-0.25, -0.2) is 13.8 Å². The van der Waals surface area contributed by atoms with E-state index >= 15 is 0 Å². The summed E-state index contributed by atoms with van der Waals surface area (Å²) in [7, 11) is 3.91. The van der Waals surface area contributed by atoms with Crippen molar-refractivity contribution in [3.8, 4) is 5.75 Å². The third kappa shape index (κ3) is 5.02. The van der Waals surface area contributed by atoms with E-state index in [2.05, 4.69) is 4.98 Å². The number of aromatic nitrogens is 1. The molecule has 28 heavy (non-hydrogen) atoms. The summed E-state index contributed by atoms with van der Waals surface area (Å²) >= 11 is 1.27. The monoisotopic (exact) mass is 405 g/mol. The summed E-state index contributed by atoms with van der Waals surface area (Å²) in [6.07, 6.45) is 0.730. The van der Waals surface area contributed by atoms with Crippen molar-refractivity contribution in [3.63, 3.8) is 0 Å². The third-order valence-corrected chi connectivity index (χ3v) is 5.10. The number of carbonyl (C=O) groups is 1. The van der Waals surface area contributed by atoms with Crippen molar-refractivity contribution in [3.05, 3.63) is 54.1 Å². The summed E-state index contributed by atoms with van der Waals surface area (Å²) in [5.41, 5.74) is 0.257. The number of nitrogens with zero attached hydrogens (tertiary/aromatic N) is 3. The van der Waals surface area contributed by atoms with Gasteiger partial charge in [-0.05, 0) is 63.5 Å². The largest absolute Gasteiger partial charge is 0.484 e. The molecule has 3 rings (SSSR count). The number of carbonyl (C=O) groups excluding carboxylic acids is 1. The fraction of sp³-hybridized carbons (Fsp3) is 0.300. The molecule has 2 aromatic carbocycles. The number of halogens is 2. The summed E-state index contributed by atoms with van der Waals surface area (Å²) in [6.45, 7) is 1.01. The van der Waals surface area contributed by atoms with Gasteiger partial charge in [-0.15, -0.1) is 0 Å². The molecular weight excluding hydrogens is 384 g/mol. The van der Waals surface area contributed by atoms with Crippen LogP contribution in [-0.4, -0.2) is 49.6 Å². The highest BCUT2D eigenvalue weighted by Crippen LogP contribution is 2.30. The number of amides is 1. The average Bonchev–Trinajstić information content (AvgIpc) is 3.09.